The van der Waals surface area contributed by atoms with E-state index >= 15 is 0 Å². The fraction of sp³-hybridized carbons (Fsp3) is 0.364. The molecule has 0 amide bonds. The van der Waals surface area contributed by atoms with Crippen molar-refractivity contribution in [1.82, 2.24) is 14.8 Å². The van der Waals surface area contributed by atoms with Gasteiger partial charge in [-0.15, -0.1) is 11.3 Å². The van der Waals surface area contributed by atoms with Crippen molar-refractivity contribution in [1.29, 1.82) is 0 Å². The van der Waals surface area contributed by atoms with Gasteiger partial charge in [0.1, 0.15) is 5.01 Å². The summed E-state index contributed by atoms with van der Waals surface area (Å²) in [5.41, 5.74) is 1.62. The van der Waals surface area contributed by atoms with Gasteiger partial charge in [0.05, 0.1) is 24.1 Å². The summed E-state index contributed by atoms with van der Waals surface area (Å²) in [5, 5.41) is 7.88. The standard InChI is InChI=1S/C11H14N4OS/c1-7-8(2)17-10(14-7)6-15-11(16)4-9(12-3)5-13-15/h4-5,12H,6H2,1-3H3. The number of aromatic nitrogens is 3. The molecule has 0 spiro atoms. The SMILES string of the molecule is CNc1cnn(Cc2nc(C)c(C)s2)c(=O)c1. The highest BCUT2D eigenvalue weighted by Crippen LogP contribution is 2.16. The topological polar surface area (TPSA) is 59.8 Å². The first kappa shape index (κ1) is 11.8. The van der Waals surface area contributed by atoms with Gasteiger partial charge in [-0.3, -0.25) is 4.79 Å². The molecule has 1 N–H and O–H groups in total. The van der Waals surface area contributed by atoms with E-state index in [9.17, 15) is 4.79 Å². The van der Waals surface area contributed by atoms with Crippen molar-refractivity contribution in [3.8, 4) is 0 Å². The van der Waals surface area contributed by atoms with Crippen LogP contribution in [0.25, 0.3) is 0 Å². The molecule has 0 atom stereocenters. The van der Waals surface area contributed by atoms with Crippen LogP contribution in [0.3, 0.4) is 0 Å². The number of nitrogens with one attached hydrogen (secondary N) is 1. The van der Waals surface area contributed by atoms with Crippen LogP contribution in [0.4, 0.5) is 5.69 Å². The third-order valence-corrected chi connectivity index (χ3v) is 3.57. The monoisotopic (exact) mass is 250 g/mol. The smallest absolute Gasteiger partial charge is 0.269 e. The second-order valence-electron chi connectivity index (χ2n) is 3.74. The van der Waals surface area contributed by atoms with Gasteiger partial charge < -0.3 is 5.32 Å². The van der Waals surface area contributed by atoms with Crippen LogP contribution in [0, 0.1) is 13.8 Å². The number of anilines is 1. The third kappa shape index (κ3) is 2.52. The second kappa shape index (κ2) is 4.67. The lowest BCUT2D eigenvalue weighted by molar-refractivity contribution is 0.636. The van der Waals surface area contributed by atoms with Gasteiger partial charge in [0.2, 0.25) is 0 Å². The van der Waals surface area contributed by atoms with E-state index in [0.717, 1.165) is 16.4 Å². The molecule has 0 radical (unpaired) electrons. The largest absolute Gasteiger partial charge is 0.387 e. The van der Waals surface area contributed by atoms with Gasteiger partial charge in [-0.1, -0.05) is 0 Å². The molecule has 2 rings (SSSR count). The van der Waals surface area contributed by atoms with Crippen molar-refractivity contribution in [3.63, 3.8) is 0 Å². The lowest BCUT2D eigenvalue weighted by Crippen LogP contribution is -2.22. The highest BCUT2D eigenvalue weighted by Gasteiger charge is 2.06. The molecule has 0 aromatic carbocycles. The van der Waals surface area contributed by atoms with Crippen LogP contribution in [0.1, 0.15) is 15.6 Å². The average molecular weight is 250 g/mol. The molecule has 2 heterocycles. The first-order chi connectivity index (χ1) is 8.10. The predicted molar refractivity (Wildman–Crippen MR) is 68.7 cm³/mol. The van der Waals surface area contributed by atoms with Gasteiger partial charge in [-0.25, -0.2) is 9.67 Å². The zero-order valence-corrected chi connectivity index (χ0v) is 10.8. The van der Waals surface area contributed by atoms with Crippen LogP contribution in [0.5, 0.6) is 0 Å². The number of thiazole rings is 1. The number of hydrogen-bond acceptors (Lipinski definition) is 5. The molecule has 0 fully saturated rings. The van der Waals surface area contributed by atoms with Gasteiger partial charge >= 0.3 is 0 Å². The minimum atomic E-state index is -0.123. The summed E-state index contributed by atoms with van der Waals surface area (Å²) in [6, 6.07) is 1.53. The predicted octanol–water partition coefficient (Wildman–Crippen LogP) is 1.41. The minimum absolute atomic E-state index is 0.123. The van der Waals surface area contributed by atoms with Gasteiger partial charge in [0, 0.05) is 18.0 Å². The zero-order chi connectivity index (χ0) is 12.4. The van der Waals surface area contributed by atoms with Crippen molar-refractivity contribution in [2.75, 3.05) is 12.4 Å². The van der Waals surface area contributed by atoms with Crippen LogP contribution >= 0.6 is 11.3 Å². The molecular formula is C11H14N4OS. The fourth-order valence-electron chi connectivity index (χ4n) is 1.42. The number of hydrogen-bond donors (Lipinski definition) is 1. The molecule has 5 nitrogen and oxygen atoms in total. The molecule has 0 aliphatic heterocycles. The summed E-state index contributed by atoms with van der Waals surface area (Å²) in [4.78, 5) is 17.3. The first-order valence-electron chi connectivity index (χ1n) is 5.28. The molecule has 0 unspecified atom stereocenters. The molecular weight excluding hydrogens is 236 g/mol. The van der Waals surface area contributed by atoms with Crippen LogP contribution < -0.4 is 10.9 Å². The summed E-state index contributed by atoms with van der Waals surface area (Å²) >= 11 is 1.60. The van der Waals surface area contributed by atoms with E-state index in [1.165, 1.54) is 15.6 Å². The van der Waals surface area contributed by atoms with E-state index in [1.807, 2.05) is 13.8 Å². The van der Waals surface area contributed by atoms with E-state index < -0.39 is 0 Å². The maximum absolute atomic E-state index is 11.7. The van der Waals surface area contributed by atoms with E-state index in [-0.39, 0.29) is 5.56 Å². The van der Waals surface area contributed by atoms with Crippen LogP contribution in [-0.4, -0.2) is 21.8 Å². The van der Waals surface area contributed by atoms with Gasteiger partial charge in [0.25, 0.3) is 5.56 Å². The van der Waals surface area contributed by atoms with Crippen molar-refractivity contribution >= 4 is 17.0 Å². The average Bonchev–Trinajstić information content (AvgIpc) is 2.61. The molecule has 0 saturated heterocycles. The Morgan fingerprint density at radius 2 is 2.24 bits per heavy atom. The Bertz CT molecular complexity index is 568. The molecule has 17 heavy (non-hydrogen) atoms. The highest BCUT2D eigenvalue weighted by atomic mass is 32.1. The van der Waals surface area contributed by atoms with Crippen LogP contribution in [0.2, 0.25) is 0 Å². The van der Waals surface area contributed by atoms with Crippen LogP contribution in [-0.2, 0) is 6.54 Å². The Morgan fingerprint density at radius 3 is 2.76 bits per heavy atom. The molecule has 0 aliphatic rings. The maximum Gasteiger partial charge on any atom is 0.269 e. The molecule has 90 valence electrons. The summed E-state index contributed by atoms with van der Waals surface area (Å²) in [5.74, 6) is 0. The van der Waals surface area contributed by atoms with E-state index in [0.29, 0.717) is 6.54 Å². The molecule has 0 saturated carbocycles. The Kier molecular flexibility index (Phi) is 3.23. The summed E-state index contributed by atoms with van der Waals surface area (Å²) in [6.07, 6.45) is 1.63. The highest BCUT2D eigenvalue weighted by molar-refractivity contribution is 7.11. The van der Waals surface area contributed by atoms with E-state index in [2.05, 4.69) is 15.4 Å². The lowest BCUT2D eigenvalue weighted by atomic mass is 10.4. The molecule has 2 aromatic heterocycles. The zero-order valence-electron chi connectivity index (χ0n) is 10.0. The third-order valence-electron chi connectivity index (χ3n) is 2.52. The molecule has 6 heteroatoms. The molecule has 0 aliphatic carbocycles. The second-order valence-corrected chi connectivity index (χ2v) is 5.03. The van der Waals surface area contributed by atoms with E-state index in [1.54, 1.807) is 24.6 Å². The van der Waals surface area contributed by atoms with Crippen molar-refractivity contribution in [3.05, 3.63) is 38.2 Å². The van der Waals surface area contributed by atoms with Crippen molar-refractivity contribution < 1.29 is 0 Å². The van der Waals surface area contributed by atoms with Crippen molar-refractivity contribution in [2.24, 2.45) is 0 Å². The fourth-order valence-corrected chi connectivity index (χ4v) is 2.34. The number of nitrogens with zero attached hydrogens (tertiary/aromatic N) is 3. The molecule has 2 aromatic rings. The quantitative estimate of drug-likeness (QED) is 0.894. The maximum atomic E-state index is 11.7. The summed E-state index contributed by atoms with van der Waals surface area (Å²) in [6.45, 7) is 4.43. The Hall–Kier alpha value is -1.69. The van der Waals surface area contributed by atoms with Gasteiger partial charge in [0.15, 0.2) is 0 Å². The van der Waals surface area contributed by atoms with Crippen molar-refractivity contribution in [2.45, 2.75) is 20.4 Å². The normalized spacial score (nSPS) is 10.5. The molecule has 0 bridgehead atoms. The Balaban J connectivity index is 2.27. The van der Waals surface area contributed by atoms with Crippen LogP contribution in [0.15, 0.2) is 17.1 Å². The Labute approximate surface area is 103 Å². The summed E-state index contributed by atoms with van der Waals surface area (Å²) < 4.78 is 1.42. The number of rotatable bonds is 3. The lowest BCUT2D eigenvalue weighted by Gasteiger charge is -2.03. The first-order valence-corrected chi connectivity index (χ1v) is 6.09. The van der Waals surface area contributed by atoms with Gasteiger partial charge in [-0.05, 0) is 13.8 Å². The minimum Gasteiger partial charge on any atom is -0.387 e. The van der Waals surface area contributed by atoms with Gasteiger partial charge in [-0.2, -0.15) is 5.10 Å². The number of aryl methyl sites for hydroxylation is 2. The van der Waals surface area contributed by atoms with E-state index in [4.69, 9.17) is 0 Å². The Morgan fingerprint density at radius 1 is 1.47 bits per heavy atom. The summed E-state index contributed by atoms with van der Waals surface area (Å²) in [7, 11) is 1.76.